The Balaban J connectivity index is 2.43. The van der Waals surface area contributed by atoms with Crippen LogP contribution in [0.5, 0.6) is 0 Å². The van der Waals surface area contributed by atoms with Crippen molar-refractivity contribution in [2.45, 2.75) is 19.9 Å². The van der Waals surface area contributed by atoms with Crippen LogP contribution in [0.4, 0.5) is 0 Å². The van der Waals surface area contributed by atoms with Crippen molar-refractivity contribution in [1.29, 1.82) is 0 Å². The van der Waals surface area contributed by atoms with E-state index in [0.717, 1.165) is 24.5 Å². The SMILES string of the molecule is Cc1cc(C(=O)O)c(C)n1C1CNC1. The molecule has 0 amide bonds. The molecule has 14 heavy (non-hydrogen) atoms. The highest BCUT2D eigenvalue weighted by molar-refractivity contribution is 5.89. The van der Waals surface area contributed by atoms with Gasteiger partial charge in [0.1, 0.15) is 0 Å². The van der Waals surface area contributed by atoms with Crippen LogP contribution in [0.15, 0.2) is 6.07 Å². The van der Waals surface area contributed by atoms with Gasteiger partial charge in [0.2, 0.25) is 0 Å². The number of carboxylic acid groups (broad SMARTS) is 1. The Morgan fingerprint density at radius 2 is 2.21 bits per heavy atom. The molecule has 0 radical (unpaired) electrons. The van der Waals surface area contributed by atoms with Crippen molar-refractivity contribution in [1.82, 2.24) is 9.88 Å². The first-order valence-corrected chi connectivity index (χ1v) is 4.73. The fourth-order valence-corrected chi connectivity index (χ4v) is 2.01. The number of aromatic carboxylic acids is 1. The Morgan fingerprint density at radius 1 is 1.57 bits per heavy atom. The number of aromatic nitrogens is 1. The van der Waals surface area contributed by atoms with Crippen LogP contribution in [-0.2, 0) is 0 Å². The highest BCUT2D eigenvalue weighted by Crippen LogP contribution is 2.22. The Hall–Kier alpha value is -1.29. The van der Waals surface area contributed by atoms with Crippen molar-refractivity contribution in [3.63, 3.8) is 0 Å². The molecule has 4 heteroatoms. The predicted molar refractivity (Wildman–Crippen MR) is 52.8 cm³/mol. The van der Waals surface area contributed by atoms with E-state index in [-0.39, 0.29) is 0 Å². The van der Waals surface area contributed by atoms with Gasteiger partial charge in [-0.1, -0.05) is 0 Å². The normalized spacial score (nSPS) is 16.7. The standard InChI is InChI=1S/C10H14N2O2/c1-6-3-9(10(13)14)7(2)12(6)8-4-11-5-8/h3,8,11H,4-5H2,1-2H3,(H,13,14). The summed E-state index contributed by atoms with van der Waals surface area (Å²) in [4.78, 5) is 10.9. The molecule has 0 aromatic carbocycles. The number of hydrogen-bond donors (Lipinski definition) is 2. The topological polar surface area (TPSA) is 54.3 Å². The second-order valence-corrected chi connectivity index (χ2v) is 3.77. The number of aryl methyl sites for hydroxylation is 1. The van der Waals surface area contributed by atoms with Gasteiger partial charge in [-0.2, -0.15) is 0 Å². The summed E-state index contributed by atoms with van der Waals surface area (Å²) in [5.41, 5.74) is 2.32. The fraction of sp³-hybridized carbons (Fsp3) is 0.500. The van der Waals surface area contributed by atoms with Crippen LogP contribution < -0.4 is 5.32 Å². The third kappa shape index (κ3) is 1.23. The molecule has 1 aliphatic heterocycles. The molecular weight excluding hydrogens is 180 g/mol. The minimum absolute atomic E-state index is 0.425. The number of hydrogen-bond acceptors (Lipinski definition) is 2. The number of carbonyl (C=O) groups is 1. The Labute approximate surface area is 82.5 Å². The molecule has 0 bridgehead atoms. The summed E-state index contributed by atoms with van der Waals surface area (Å²) in [5, 5.41) is 12.1. The van der Waals surface area contributed by atoms with Crippen molar-refractivity contribution in [2.24, 2.45) is 0 Å². The van der Waals surface area contributed by atoms with Gasteiger partial charge in [0.25, 0.3) is 0 Å². The summed E-state index contributed by atoms with van der Waals surface area (Å²) in [7, 11) is 0. The monoisotopic (exact) mass is 194 g/mol. The Bertz CT molecular complexity index is 378. The Morgan fingerprint density at radius 3 is 2.57 bits per heavy atom. The molecule has 0 unspecified atom stereocenters. The largest absolute Gasteiger partial charge is 0.478 e. The molecular formula is C10H14N2O2. The van der Waals surface area contributed by atoms with Gasteiger partial charge >= 0.3 is 5.97 Å². The number of nitrogens with zero attached hydrogens (tertiary/aromatic N) is 1. The van der Waals surface area contributed by atoms with E-state index < -0.39 is 5.97 Å². The molecule has 1 aromatic heterocycles. The highest BCUT2D eigenvalue weighted by Gasteiger charge is 2.24. The maximum absolute atomic E-state index is 10.9. The first-order valence-electron chi connectivity index (χ1n) is 4.73. The molecule has 2 heterocycles. The molecule has 2 N–H and O–H groups in total. The van der Waals surface area contributed by atoms with Crippen LogP contribution in [0.25, 0.3) is 0 Å². The first kappa shape index (κ1) is 9.27. The van der Waals surface area contributed by atoms with E-state index in [1.807, 2.05) is 13.8 Å². The van der Waals surface area contributed by atoms with E-state index in [2.05, 4.69) is 9.88 Å². The lowest BCUT2D eigenvalue weighted by Gasteiger charge is -2.31. The number of carboxylic acids is 1. The van der Waals surface area contributed by atoms with Crippen molar-refractivity contribution < 1.29 is 9.90 Å². The molecule has 1 fully saturated rings. The summed E-state index contributed by atoms with van der Waals surface area (Å²) in [6.45, 7) is 5.71. The summed E-state index contributed by atoms with van der Waals surface area (Å²) < 4.78 is 2.11. The minimum Gasteiger partial charge on any atom is -0.478 e. The lowest BCUT2D eigenvalue weighted by Crippen LogP contribution is -2.44. The average Bonchev–Trinajstić information content (AvgIpc) is 2.29. The molecule has 0 spiro atoms. The van der Waals surface area contributed by atoms with E-state index in [1.165, 1.54) is 0 Å². The maximum Gasteiger partial charge on any atom is 0.337 e. The summed E-state index contributed by atoms with van der Waals surface area (Å²) in [5.74, 6) is -0.836. The third-order valence-electron chi connectivity index (χ3n) is 2.84. The third-order valence-corrected chi connectivity index (χ3v) is 2.84. The zero-order chi connectivity index (χ0) is 10.3. The second kappa shape index (κ2) is 3.13. The van der Waals surface area contributed by atoms with Crippen LogP contribution in [0.3, 0.4) is 0 Å². The zero-order valence-electron chi connectivity index (χ0n) is 8.37. The van der Waals surface area contributed by atoms with Gasteiger partial charge in [-0.15, -0.1) is 0 Å². The van der Waals surface area contributed by atoms with Gasteiger partial charge in [-0.25, -0.2) is 4.79 Å². The van der Waals surface area contributed by atoms with E-state index >= 15 is 0 Å². The first-order chi connectivity index (χ1) is 6.61. The summed E-state index contributed by atoms with van der Waals surface area (Å²) in [6.07, 6.45) is 0. The average molecular weight is 194 g/mol. The number of rotatable bonds is 2. The Kier molecular flexibility index (Phi) is 2.07. The van der Waals surface area contributed by atoms with Crippen molar-refractivity contribution in [3.8, 4) is 0 Å². The van der Waals surface area contributed by atoms with Crippen LogP contribution in [0.1, 0.15) is 27.8 Å². The van der Waals surface area contributed by atoms with Gasteiger partial charge in [0.15, 0.2) is 0 Å². The van der Waals surface area contributed by atoms with E-state index in [0.29, 0.717) is 11.6 Å². The lowest BCUT2D eigenvalue weighted by atomic mass is 10.1. The van der Waals surface area contributed by atoms with Gasteiger partial charge in [0, 0.05) is 24.5 Å². The molecule has 4 nitrogen and oxygen atoms in total. The molecule has 0 atom stereocenters. The van der Waals surface area contributed by atoms with Crippen LogP contribution in [-0.4, -0.2) is 28.7 Å². The smallest absolute Gasteiger partial charge is 0.337 e. The number of nitrogens with one attached hydrogen (secondary N) is 1. The molecule has 76 valence electrons. The summed E-state index contributed by atoms with van der Waals surface area (Å²) in [6, 6.07) is 2.18. The minimum atomic E-state index is -0.836. The molecule has 1 saturated heterocycles. The van der Waals surface area contributed by atoms with Crippen LogP contribution in [0, 0.1) is 13.8 Å². The maximum atomic E-state index is 10.9. The highest BCUT2D eigenvalue weighted by atomic mass is 16.4. The zero-order valence-corrected chi connectivity index (χ0v) is 8.37. The molecule has 1 aromatic rings. The van der Waals surface area contributed by atoms with Gasteiger partial charge in [-0.3, -0.25) is 0 Å². The van der Waals surface area contributed by atoms with Crippen LogP contribution >= 0.6 is 0 Å². The van der Waals surface area contributed by atoms with Crippen molar-refractivity contribution >= 4 is 5.97 Å². The predicted octanol–water partition coefficient (Wildman–Crippen LogP) is 0.947. The molecule has 2 rings (SSSR count). The quantitative estimate of drug-likeness (QED) is 0.737. The van der Waals surface area contributed by atoms with Gasteiger partial charge in [-0.05, 0) is 19.9 Å². The van der Waals surface area contributed by atoms with Gasteiger partial charge in [0.05, 0.1) is 11.6 Å². The van der Waals surface area contributed by atoms with Crippen molar-refractivity contribution in [2.75, 3.05) is 13.1 Å². The lowest BCUT2D eigenvalue weighted by molar-refractivity contribution is 0.0696. The van der Waals surface area contributed by atoms with E-state index in [4.69, 9.17) is 5.11 Å². The van der Waals surface area contributed by atoms with E-state index in [1.54, 1.807) is 6.07 Å². The second-order valence-electron chi connectivity index (χ2n) is 3.77. The van der Waals surface area contributed by atoms with Gasteiger partial charge < -0.3 is 15.0 Å². The van der Waals surface area contributed by atoms with Crippen LogP contribution in [0.2, 0.25) is 0 Å². The molecule has 0 aliphatic carbocycles. The summed E-state index contributed by atoms with van der Waals surface area (Å²) >= 11 is 0. The molecule has 0 saturated carbocycles. The van der Waals surface area contributed by atoms with E-state index in [9.17, 15) is 4.79 Å². The van der Waals surface area contributed by atoms with Crippen molar-refractivity contribution in [3.05, 3.63) is 23.0 Å². The fourth-order valence-electron chi connectivity index (χ4n) is 2.01. The molecule has 1 aliphatic rings.